The second kappa shape index (κ2) is 13.5. The molecule has 0 aliphatic heterocycles. The Kier molecular flexibility index (Phi) is 11.5. The number of methoxy groups -OCH3 is 1. The molecule has 1 unspecified atom stereocenters. The minimum absolute atomic E-state index is 0.0228. The molecule has 25 heavy (non-hydrogen) atoms. The molecule has 6 heteroatoms. The summed E-state index contributed by atoms with van der Waals surface area (Å²) in [4.78, 5) is 6.90. The van der Waals surface area contributed by atoms with Gasteiger partial charge >= 0.3 is 0 Å². The van der Waals surface area contributed by atoms with Crippen LogP contribution >= 0.6 is 0 Å². The predicted molar refractivity (Wildman–Crippen MR) is 105 cm³/mol. The van der Waals surface area contributed by atoms with E-state index in [1.54, 1.807) is 7.11 Å². The van der Waals surface area contributed by atoms with Crippen LogP contribution in [0.25, 0.3) is 0 Å². The third kappa shape index (κ3) is 10.6. The van der Waals surface area contributed by atoms with Gasteiger partial charge in [-0.1, -0.05) is 18.2 Å². The van der Waals surface area contributed by atoms with Gasteiger partial charge in [0, 0.05) is 39.9 Å². The normalized spacial score (nSPS) is 12.9. The maximum absolute atomic E-state index is 5.86. The van der Waals surface area contributed by atoms with Crippen LogP contribution in [0.15, 0.2) is 35.3 Å². The number of aliphatic imine (C=N–C) groups is 1. The van der Waals surface area contributed by atoms with E-state index in [0.29, 0.717) is 6.54 Å². The van der Waals surface area contributed by atoms with Crippen molar-refractivity contribution in [3.8, 4) is 5.75 Å². The zero-order valence-corrected chi connectivity index (χ0v) is 16.1. The van der Waals surface area contributed by atoms with Crippen molar-refractivity contribution in [3.05, 3.63) is 30.3 Å². The van der Waals surface area contributed by atoms with Crippen molar-refractivity contribution < 1.29 is 9.47 Å². The molecule has 0 aromatic heterocycles. The quantitative estimate of drug-likeness (QED) is 0.343. The molecule has 142 valence electrons. The molecule has 1 atom stereocenters. The molecule has 0 saturated heterocycles. The van der Waals surface area contributed by atoms with Gasteiger partial charge in [-0.3, -0.25) is 0 Å². The van der Waals surface area contributed by atoms with Crippen LogP contribution in [0.3, 0.4) is 0 Å². The van der Waals surface area contributed by atoms with Crippen molar-refractivity contribution in [1.82, 2.24) is 15.5 Å². The molecule has 1 aromatic rings. The Morgan fingerprint density at radius 2 is 1.96 bits per heavy atom. The number of para-hydroxylation sites is 1. The number of nitrogens with zero attached hydrogens (tertiary/aromatic N) is 2. The maximum atomic E-state index is 5.86. The molecule has 0 heterocycles. The van der Waals surface area contributed by atoms with Gasteiger partial charge in [0.1, 0.15) is 11.9 Å². The highest BCUT2D eigenvalue weighted by Crippen LogP contribution is 2.10. The zero-order chi connectivity index (χ0) is 18.3. The standard InChI is InChI=1S/C19H34N4O2/c1-5-20-19(21-12-14-23(3)13-9-15-24-4)22-16-17(2)25-18-10-7-6-8-11-18/h6-8,10-11,17H,5,9,12-16H2,1-4H3,(H2,20,21,22). The largest absolute Gasteiger partial charge is 0.489 e. The van der Waals surface area contributed by atoms with Gasteiger partial charge in [0.25, 0.3) is 0 Å². The van der Waals surface area contributed by atoms with Crippen molar-refractivity contribution in [2.45, 2.75) is 26.4 Å². The fraction of sp³-hybridized carbons (Fsp3) is 0.632. The second-order valence-corrected chi connectivity index (χ2v) is 6.04. The third-order valence-corrected chi connectivity index (χ3v) is 3.61. The number of guanidine groups is 1. The van der Waals surface area contributed by atoms with Crippen LogP contribution in [-0.4, -0.2) is 70.5 Å². The van der Waals surface area contributed by atoms with Crippen molar-refractivity contribution in [2.24, 2.45) is 4.99 Å². The highest BCUT2D eigenvalue weighted by Gasteiger charge is 2.05. The Bertz CT molecular complexity index is 468. The first kappa shape index (κ1) is 21.3. The van der Waals surface area contributed by atoms with Crippen molar-refractivity contribution in [1.29, 1.82) is 0 Å². The lowest BCUT2D eigenvalue weighted by molar-refractivity contribution is 0.180. The fourth-order valence-electron chi connectivity index (χ4n) is 2.29. The average Bonchev–Trinajstić information content (AvgIpc) is 2.61. The summed E-state index contributed by atoms with van der Waals surface area (Å²) in [5, 5.41) is 6.64. The number of likely N-dealkylation sites (N-methyl/N-ethyl adjacent to an activating group) is 1. The van der Waals surface area contributed by atoms with Crippen LogP contribution in [0.2, 0.25) is 0 Å². The maximum Gasteiger partial charge on any atom is 0.191 e. The van der Waals surface area contributed by atoms with Gasteiger partial charge < -0.3 is 25.0 Å². The number of nitrogens with one attached hydrogen (secondary N) is 2. The first-order valence-electron chi connectivity index (χ1n) is 9.07. The van der Waals surface area contributed by atoms with Crippen molar-refractivity contribution in [3.63, 3.8) is 0 Å². The Hall–Kier alpha value is -1.79. The summed E-state index contributed by atoms with van der Waals surface area (Å²) in [7, 11) is 3.86. The van der Waals surface area contributed by atoms with Gasteiger partial charge in [0.05, 0.1) is 6.54 Å². The summed E-state index contributed by atoms with van der Waals surface area (Å²) < 4.78 is 10.9. The van der Waals surface area contributed by atoms with Gasteiger partial charge in [-0.15, -0.1) is 0 Å². The van der Waals surface area contributed by atoms with E-state index in [2.05, 4.69) is 34.5 Å². The van der Waals surface area contributed by atoms with E-state index in [-0.39, 0.29) is 6.10 Å². The van der Waals surface area contributed by atoms with Gasteiger partial charge in [0.2, 0.25) is 0 Å². The van der Waals surface area contributed by atoms with Crippen molar-refractivity contribution in [2.75, 3.05) is 53.5 Å². The number of rotatable bonds is 12. The molecular weight excluding hydrogens is 316 g/mol. The summed E-state index contributed by atoms with van der Waals surface area (Å²) in [6, 6.07) is 9.85. The van der Waals surface area contributed by atoms with E-state index >= 15 is 0 Å². The molecule has 1 aromatic carbocycles. The fourth-order valence-corrected chi connectivity index (χ4v) is 2.29. The Morgan fingerprint density at radius 1 is 1.20 bits per heavy atom. The third-order valence-electron chi connectivity index (χ3n) is 3.61. The molecule has 0 saturated carbocycles. The first-order chi connectivity index (χ1) is 12.2. The first-order valence-corrected chi connectivity index (χ1v) is 9.07. The highest BCUT2D eigenvalue weighted by molar-refractivity contribution is 5.79. The van der Waals surface area contributed by atoms with E-state index in [4.69, 9.17) is 9.47 Å². The van der Waals surface area contributed by atoms with E-state index in [1.807, 2.05) is 37.3 Å². The molecule has 0 radical (unpaired) electrons. The van der Waals surface area contributed by atoms with Crippen LogP contribution in [-0.2, 0) is 4.74 Å². The minimum Gasteiger partial charge on any atom is -0.489 e. The topological polar surface area (TPSA) is 58.1 Å². The number of benzene rings is 1. The molecule has 6 nitrogen and oxygen atoms in total. The molecule has 0 aliphatic rings. The smallest absolute Gasteiger partial charge is 0.191 e. The second-order valence-electron chi connectivity index (χ2n) is 6.04. The zero-order valence-electron chi connectivity index (χ0n) is 16.1. The molecule has 0 fully saturated rings. The molecule has 0 spiro atoms. The summed E-state index contributed by atoms with van der Waals surface area (Å²) >= 11 is 0. The Morgan fingerprint density at radius 3 is 2.64 bits per heavy atom. The van der Waals surface area contributed by atoms with Crippen LogP contribution in [0, 0.1) is 0 Å². The summed E-state index contributed by atoms with van der Waals surface area (Å²) in [5.74, 6) is 1.71. The van der Waals surface area contributed by atoms with E-state index < -0.39 is 0 Å². The Balaban J connectivity index is 2.32. The SMILES string of the molecule is CCNC(=NCC(C)Oc1ccccc1)NCCN(C)CCCOC. The monoisotopic (exact) mass is 350 g/mol. The number of hydrogen-bond donors (Lipinski definition) is 2. The molecule has 0 amide bonds. The average molecular weight is 351 g/mol. The molecule has 1 rings (SSSR count). The van der Waals surface area contributed by atoms with Crippen LogP contribution < -0.4 is 15.4 Å². The molecular formula is C19H34N4O2. The van der Waals surface area contributed by atoms with E-state index in [1.165, 1.54) is 0 Å². The summed E-state index contributed by atoms with van der Waals surface area (Å²) in [6.07, 6.45) is 1.07. The molecule has 2 N–H and O–H groups in total. The van der Waals surface area contributed by atoms with Crippen LogP contribution in [0.4, 0.5) is 0 Å². The van der Waals surface area contributed by atoms with Gasteiger partial charge in [-0.25, -0.2) is 4.99 Å². The Labute approximate surface area is 152 Å². The lowest BCUT2D eigenvalue weighted by atomic mass is 10.3. The van der Waals surface area contributed by atoms with Crippen molar-refractivity contribution >= 4 is 5.96 Å². The molecule has 0 aliphatic carbocycles. The lowest BCUT2D eigenvalue weighted by Gasteiger charge is -2.18. The van der Waals surface area contributed by atoms with Gasteiger partial charge in [0.15, 0.2) is 5.96 Å². The van der Waals surface area contributed by atoms with E-state index in [9.17, 15) is 0 Å². The summed E-state index contributed by atoms with van der Waals surface area (Å²) in [5.41, 5.74) is 0. The number of ether oxygens (including phenoxy) is 2. The van der Waals surface area contributed by atoms with Crippen LogP contribution in [0.1, 0.15) is 20.3 Å². The van der Waals surface area contributed by atoms with Gasteiger partial charge in [-0.2, -0.15) is 0 Å². The summed E-state index contributed by atoms with van der Waals surface area (Å²) in [6.45, 7) is 9.19. The minimum atomic E-state index is 0.0228. The molecule has 0 bridgehead atoms. The predicted octanol–water partition coefficient (Wildman–Crippen LogP) is 1.98. The van der Waals surface area contributed by atoms with Gasteiger partial charge in [-0.05, 0) is 39.4 Å². The van der Waals surface area contributed by atoms with E-state index in [0.717, 1.165) is 50.9 Å². The lowest BCUT2D eigenvalue weighted by Crippen LogP contribution is -2.41. The van der Waals surface area contributed by atoms with Crippen LogP contribution in [0.5, 0.6) is 5.75 Å². The highest BCUT2D eigenvalue weighted by atomic mass is 16.5. The number of hydrogen-bond acceptors (Lipinski definition) is 4.